The van der Waals surface area contributed by atoms with Gasteiger partial charge < -0.3 is 15.6 Å². The van der Waals surface area contributed by atoms with Crippen LogP contribution in [0, 0.1) is 0 Å². The van der Waals surface area contributed by atoms with Crippen molar-refractivity contribution in [1.29, 1.82) is 0 Å². The molecule has 0 spiro atoms. The van der Waals surface area contributed by atoms with Gasteiger partial charge in [-0.1, -0.05) is 0 Å². The fraction of sp³-hybridized carbons (Fsp3) is 0.800. The van der Waals surface area contributed by atoms with Crippen LogP contribution in [0.4, 0.5) is 0 Å². The topological polar surface area (TPSA) is 92.9 Å². The number of likely N-dealkylation sites (N-methyl/N-ethyl adjacent to an activating group) is 1. The molecule has 6 nitrogen and oxygen atoms in total. The second kappa shape index (κ2) is 5.81. The number of carboxylic acid groups (broad SMARTS) is 1. The Morgan fingerprint density at radius 2 is 1.94 bits per heavy atom. The van der Waals surface area contributed by atoms with Crippen LogP contribution in [-0.4, -0.2) is 53.7 Å². The van der Waals surface area contributed by atoms with E-state index in [1.807, 2.05) is 0 Å². The Balaban J connectivity index is 4.66. The molecular weight excluding hydrogens is 212 g/mol. The minimum Gasteiger partial charge on any atom is -0.480 e. The summed E-state index contributed by atoms with van der Waals surface area (Å²) in [6.07, 6.45) is 0. The largest absolute Gasteiger partial charge is 0.480 e. The van der Waals surface area contributed by atoms with Crippen molar-refractivity contribution in [3.8, 4) is 0 Å². The number of carbonyl (C=O) groups excluding carboxylic acids is 1. The van der Waals surface area contributed by atoms with E-state index in [9.17, 15) is 9.59 Å². The predicted molar refractivity (Wildman–Crippen MR) is 59.0 cm³/mol. The Labute approximate surface area is 95.4 Å². The predicted octanol–water partition coefficient (Wildman–Crippen LogP) is -0.328. The molecule has 6 heteroatoms. The molecule has 0 fully saturated rings. The van der Waals surface area contributed by atoms with Crippen molar-refractivity contribution in [3.63, 3.8) is 0 Å². The van der Waals surface area contributed by atoms with Crippen molar-refractivity contribution < 1.29 is 19.4 Å². The minimum absolute atomic E-state index is 0.281. The van der Waals surface area contributed by atoms with E-state index in [1.165, 1.54) is 11.9 Å². The molecule has 16 heavy (non-hydrogen) atoms. The summed E-state index contributed by atoms with van der Waals surface area (Å²) in [4.78, 5) is 23.9. The molecule has 1 unspecified atom stereocenters. The maximum Gasteiger partial charge on any atom is 0.335 e. The number of hydrogen-bond donors (Lipinski definition) is 2. The Morgan fingerprint density at radius 3 is 2.25 bits per heavy atom. The van der Waals surface area contributed by atoms with Gasteiger partial charge in [0.1, 0.15) is 5.60 Å². The van der Waals surface area contributed by atoms with Crippen LogP contribution in [0.1, 0.15) is 20.8 Å². The zero-order valence-corrected chi connectivity index (χ0v) is 10.2. The number of rotatable bonds is 5. The molecule has 0 heterocycles. The molecule has 0 rings (SSSR count). The normalized spacial score (nSPS) is 13.6. The fourth-order valence-corrected chi connectivity index (χ4v) is 1.16. The van der Waals surface area contributed by atoms with Crippen LogP contribution >= 0.6 is 0 Å². The van der Waals surface area contributed by atoms with Crippen molar-refractivity contribution in [2.75, 3.05) is 20.1 Å². The second-order valence-corrected chi connectivity index (χ2v) is 4.54. The summed E-state index contributed by atoms with van der Waals surface area (Å²) >= 11 is 0. The molecule has 0 aliphatic heterocycles. The van der Waals surface area contributed by atoms with Crippen molar-refractivity contribution >= 4 is 11.9 Å². The van der Waals surface area contributed by atoms with E-state index in [1.54, 1.807) is 20.8 Å². The zero-order chi connectivity index (χ0) is 12.9. The SMILES string of the molecule is CN(CCN)C(C(=O)O)C(=O)OC(C)(C)C. The van der Waals surface area contributed by atoms with Crippen molar-refractivity contribution in [1.82, 2.24) is 4.90 Å². The zero-order valence-electron chi connectivity index (χ0n) is 10.2. The standard InChI is InChI=1S/C10H20N2O4/c1-10(2,3)16-9(15)7(8(13)14)12(4)6-5-11/h7H,5-6,11H2,1-4H3,(H,13,14). The van der Waals surface area contributed by atoms with Gasteiger partial charge in [-0.3, -0.25) is 4.90 Å². The summed E-state index contributed by atoms with van der Waals surface area (Å²) in [6.45, 7) is 5.66. The quantitative estimate of drug-likeness (QED) is 0.498. The van der Waals surface area contributed by atoms with Crippen LogP contribution in [0.15, 0.2) is 0 Å². The van der Waals surface area contributed by atoms with Gasteiger partial charge in [0.25, 0.3) is 0 Å². The molecule has 0 aromatic heterocycles. The summed E-state index contributed by atoms with van der Waals surface area (Å²) < 4.78 is 5.03. The van der Waals surface area contributed by atoms with Crippen molar-refractivity contribution in [2.24, 2.45) is 5.73 Å². The van der Waals surface area contributed by atoms with Gasteiger partial charge in [-0.05, 0) is 27.8 Å². The molecular formula is C10H20N2O4. The van der Waals surface area contributed by atoms with Gasteiger partial charge in [-0.25, -0.2) is 9.59 Å². The highest BCUT2D eigenvalue weighted by Gasteiger charge is 2.34. The Morgan fingerprint density at radius 1 is 1.44 bits per heavy atom. The molecule has 0 radical (unpaired) electrons. The second-order valence-electron chi connectivity index (χ2n) is 4.54. The number of carboxylic acids is 1. The highest BCUT2D eigenvalue weighted by molar-refractivity contribution is 5.98. The average Bonchev–Trinajstić information content (AvgIpc) is 1.99. The van der Waals surface area contributed by atoms with E-state index in [4.69, 9.17) is 15.6 Å². The molecule has 0 bridgehead atoms. The third-order valence-corrected chi connectivity index (χ3v) is 1.79. The molecule has 0 aliphatic rings. The molecule has 94 valence electrons. The highest BCUT2D eigenvalue weighted by Crippen LogP contribution is 2.10. The maximum atomic E-state index is 11.6. The van der Waals surface area contributed by atoms with Crippen LogP contribution in [-0.2, 0) is 14.3 Å². The monoisotopic (exact) mass is 232 g/mol. The lowest BCUT2D eigenvalue weighted by Gasteiger charge is -2.26. The number of nitrogens with two attached hydrogens (primary N) is 1. The Kier molecular flexibility index (Phi) is 5.40. The average molecular weight is 232 g/mol. The molecule has 0 amide bonds. The first-order valence-electron chi connectivity index (χ1n) is 5.05. The van der Waals surface area contributed by atoms with E-state index in [0.717, 1.165) is 0 Å². The minimum atomic E-state index is -1.30. The third-order valence-electron chi connectivity index (χ3n) is 1.79. The molecule has 0 saturated carbocycles. The van der Waals surface area contributed by atoms with Crippen LogP contribution in [0.2, 0.25) is 0 Å². The lowest BCUT2D eigenvalue weighted by Crippen LogP contribution is -2.48. The molecule has 0 aromatic carbocycles. The van der Waals surface area contributed by atoms with Gasteiger partial charge in [-0.2, -0.15) is 0 Å². The molecule has 1 atom stereocenters. The summed E-state index contributed by atoms with van der Waals surface area (Å²) in [5, 5.41) is 8.95. The van der Waals surface area contributed by atoms with Crippen molar-refractivity contribution in [3.05, 3.63) is 0 Å². The van der Waals surface area contributed by atoms with E-state index in [-0.39, 0.29) is 6.54 Å². The van der Waals surface area contributed by atoms with Crippen LogP contribution in [0.3, 0.4) is 0 Å². The first kappa shape index (κ1) is 14.9. The molecule has 0 aromatic rings. The summed E-state index contributed by atoms with van der Waals surface area (Å²) in [6, 6.07) is -1.30. The third kappa shape index (κ3) is 5.09. The van der Waals surface area contributed by atoms with E-state index < -0.39 is 23.6 Å². The number of carbonyl (C=O) groups is 2. The summed E-state index contributed by atoms with van der Waals surface area (Å²) in [7, 11) is 1.52. The lowest BCUT2D eigenvalue weighted by atomic mass is 10.2. The Hall–Kier alpha value is -1.14. The number of aliphatic carboxylic acids is 1. The number of ether oxygens (including phenoxy) is 1. The number of hydrogen-bond acceptors (Lipinski definition) is 5. The maximum absolute atomic E-state index is 11.6. The first-order valence-corrected chi connectivity index (χ1v) is 5.05. The summed E-state index contributed by atoms with van der Waals surface area (Å²) in [5.74, 6) is -2.00. The van der Waals surface area contributed by atoms with Crippen LogP contribution in [0.25, 0.3) is 0 Å². The number of nitrogens with zero attached hydrogens (tertiary/aromatic N) is 1. The van der Waals surface area contributed by atoms with Gasteiger partial charge in [0.05, 0.1) is 0 Å². The van der Waals surface area contributed by atoms with Gasteiger partial charge >= 0.3 is 11.9 Å². The molecule has 0 saturated heterocycles. The smallest absolute Gasteiger partial charge is 0.335 e. The van der Waals surface area contributed by atoms with Gasteiger partial charge in [0.15, 0.2) is 0 Å². The van der Waals surface area contributed by atoms with Crippen LogP contribution in [0.5, 0.6) is 0 Å². The molecule has 3 N–H and O–H groups in total. The van der Waals surface area contributed by atoms with Gasteiger partial charge in [0.2, 0.25) is 6.04 Å². The Bertz CT molecular complexity index is 260. The molecule has 0 aliphatic carbocycles. The lowest BCUT2D eigenvalue weighted by molar-refractivity contribution is -0.167. The first-order chi connectivity index (χ1) is 7.19. The van der Waals surface area contributed by atoms with E-state index in [0.29, 0.717) is 6.54 Å². The van der Waals surface area contributed by atoms with Crippen LogP contribution < -0.4 is 5.73 Å². The number of esters is 1. The van der Waals surface area contributed by atoms with E-state index in [2.05, 4.69) is 0 Å². The summed E-state index contributed by atoms with van der Waals surface area (Å²) in [5.41, 5.74) is 4.61. The fourth-order valence-electron chi connectivity index (χ4n) is 1.16. The van der Waals surface area contributed by atoms with E-state index >= 15 is 0 Å². The highest BCUT2D eigenvalue weighted by atomic mass is 16.6. The van der Waals surface area contributed by atoms with Gasteiger partial charge in [-0.15, -0.1) is 0 Å². The van der Waals surface area contributed by atoms with Gasteiger partial charge in [0, 0.05) is 13.1 Å². The van der Waals surface area contributed by atoms with Crippen molar-refractivity contribution in [2.45, 2.75) is 32.4 Å².